The van der Waals surface area contributed by atoms with E-state index < -0.39 is 0 Å². The number of hydrogen-bond donors (Lipinski definition) is 0. The predicted octanol–water partition coefficient (Wildman–Crippen LogP) is 4.26. The standard InChI is InChI=1S/C15H25BrO2/c16-14-8-6-13(7-9-14)15(17-10-11-18-15)12-4-2-1-3-5-12/h12-14H,1-11H2. The van der Waals surface area contributed by atoms with E-state index in [0.717, 1.165) is 18.0 Å². The molecule has 104 valence electrons. The third-order valence-electron chi connectivity index (χ3n) is 5.14. The first kappa shape index (κ1) is 13.4. The summed E-state index contributed by atoms with van der Waals surface area (Å²) in [5.74, 6) is 1.09. The minimum atomic E-state index is -0.201. The van der Waals surface area contributed by atoms with Gasteiger partial charge in [-0.2, -0.15) is 0 Å². The summed E-state index contributed by atoms with van der Waals surface area (Å²) < 4.78 is 12.4. The van der Waals surface area contributed by atoms with E-state index in [1.54, 1.807) is 0 Å². The van der Waals surface area contributed by atoms with Crippen molar-refractivity contribution in [1.82, 2.24) is 0 Å². The zero-order chi connectivity index (χ0) is 12.4. The molecule has 0 aromatic rings. The molecule has 3 aliphatic rings. The Labute approximate surface area is 119 Å². The van der Waals surface area contributed by atoms with Crippen LogP contribution in [0.5, 0.6) is 0 Å². The molecule has 1 saturated heterocycles. The van der Waals surface area contributed by atoms with Crippen molar-refractivity contribution in [2.24, 2.45) is 11.8 Å². The molecule has 0 unspecified atom stereocenters. The van der Waals surface area contributed by atoms with E-state index in [4.69, 9.17) is 9.47 Å². The highest BCUT2D eigenvalue weighted by Crippen LogP contribution is 2.48. The Morgan fingerprint density at radius 1 is 0.722 bits per heavy atom. The predicted molar refractivity (Wildman–Crippen MR) is 75.9 cm³/mol. The summed E-state index contributed by atoms with van der Waals surface area (Å²) in [5, 5.41) is 0. The van der Waals surface area contributed by atoms with Crippen molar-refractivity contribution in [2.75, 3.05) is 13.2 Å². The molecule has 0 aromatic heterocycles. The van der Waals surface area contributed by atoms with Crippen LogP contribution in [0.1, 0.15) is 57.8 Å². The molecule has 2 nitrogen and oxygen atoms in total. The molecular weight excluding hydrogens is 292 g/mol. The topological polar surface area (TPSA) is 18.5 Å². The van der Waals surface area contributed by atoms with Gasteiger partial charge >= 0.3 is 0 Å². The second kappa shape index (κ2) is 5.80. The molecule has 1 aliphatic heterocycles. The fourth-order valence-electron chi connectivity index (χ4n) is 4.21. The van der Waals surface area contributed by atoms with Gasteiger partial charge in [0.05, 0.1) is 13.2 Å². The second-order valence-corrected chi connectivity index (χ2v) is 7.50. The Morgan fingerprint density at radius 2 is 1.28 bits per heavy atom. The molecule has 0 bridgehead atoms. The summed E-state index contributed by atoms with van der Waals surface area (Å²) in [7, 11) is 0. The lowest BCUT2D eigenvalue weighted by molar-refractivity contribution is -0.242. The second-order valence-electron chi connectivity index (χ2n) is 6.20. The molecule has 3 heteroatoms. The summed E-state index contributed by atoms with van der Waals surface area (Å²) in [6.45, 7) is 1.62. The lowest BCUT2D eigenvalue weighted by Gasteiger charge is -2.45. The highest BCUT2D eigenvalue weighted by molar-refractivity contribution is 9.09. The third kappa shape index (κ3) is 2.51. The van der Waals surface area contributed by atoms with Crippen LogP contribution in [0.15, 0.2) is 0 Å². The Kier molecular flexibility index (Phi) is 4.32. The van der Waals surface area contributed by atoms with Gasteiger partial charge in [0.15, 0.2) is 5.79 Å². The van der Waals surface area contributed by atoms with Crippen LogP contribution in [0.25, 0.3) is 0 Å². The number of hydrogen-bond acceptors (Lipinski definition) is 2. The van der Waals surface area contributed by atoms with E-state index in [2.05, 4.69) is 15.9 Å². The van der Waals surface area contributed by atoms with Crippen LogP contribution >= 0.6 is 15.9 Å². The van der Waals surface area contributed by atoms with Crippen LogP contribution in [-0.4, -0.2) is 23.8 Å². The molecule has 3 fully saturated rings. The maximum Gasteiger partial charge on any atom is 0.174 e. The molecule has 0 radical (unpaired) electrons. The largest absolute Gasteiger partial charge is 0.347 e. The van der Waals surface area contributed by atoms with Crippen LogP contribution in [0.2, 0.25) is 0 Å². The average molecular weight is 317 g/mol. The average Bonchev–Trinajstić information content (AvgIpc) is 2.91. The number of rotatable bonds is 2. The van der Waals surface area contributed by atoms with Gasteiger partial charge in [-0.3, -0.25) is 0 Å². The quantitative estimate of drug-likeness (QED) is 0.708. The Hall–Kier alpha value is 0.400. The SMILES string of the molecule is BrC1CCC(C2(C3CCCCC3)OCCO2)CC1. The first-order chi connectivity index (χ1) is 8.81. The number of halogens is 1. The van der Waals surface area contributed by atoms with Gasteiger partial charge < -0.3 is 9.47 Å². The van der Waals surface area contributed by atoms with Crippen molar-refractivity contribution in [2.45, 2.75) is 68.4 Å². The number of alkyl halides is 1. The molecule has 0 atom stereocenters. The van der Waals surface area contributed by atoms with Crippen molar-refractivity contribution < 1.29 is 9.47 Å². The van der Waals surface area contributed by atoms with Crippen molar-refractivity contribution in [3.63, 3.8) is 0 Å². The molecule has 0 aromatic carbocycles. The molecule has 18 heavy (non-hydrogen) atoms. The summed E-state index contributed by atoms with van der Waals surface area (Å²) in [4.78, 5) is 0.721. The van der Waals surface area contributed by atoms with E-state index in [0.29, 0.717) is 11.8 Å². The van der Waals surface area contributed by atoms with Gasteiger partial charge in [0.25, 0.3) is 0 Å². The summed E-state index contributed by atoms with van der Waals surface area (Å²) in [6.07, 6.45) is 11.9. The van der Waals surface area contributed by atoms with Crippen LogP contribution < -0.4 is 0 Å². The molecule has 0 N–H and O–H groups in total. The van der Waals surface area contributed by atoms with Crippen molar-refractivity contribution in [1.29, 1.82) is 0 Å². The lowest BCUT2D eigenvalue weighted by Crippen LogP contribution is -2.48. The molecule has 2 aliphatic carbocycles. The smallest absolute Gasteiger partial charge is 0.174 e. The Morgan fingerprint density at radius 3 is 1.89 bits per heavy atom. The minimum Gasteiger partial charge on any atom is -0.347 e. The zero-order valence-electron chi connectivity index (χ0n) is 11.2. The van der Waals surface area contributed by atoms with E-state index in [9.17, 15) is 0 Å². The first-order valence-corrected chi connectivity index (χ1v) is 8.65. The monoisotopic (exact) mass is 316 g/mol. The van der Waals surface area contributed by atoms with E-state index in [1.807, 2.05) is 0 Å². The summed E-state index contributed by atoms with van der Waals surface area (Å²) in [6, 6.07) is 0. The highest BCUT2D eigenvalue weighted by Gasteiger charge is 2.50. The van der Waals surface area contributed by atoms with Crippen molar-refractivity contribution >= 4 is 15.9 Å². The molecule has 0 amide bonds. The van der Waals surface area contributed by atoms with Crippen molar-refractivity contribution in [3.8, 4) is 0 Å². The van der Waals surface area contributed by atoms with Crippen LogP contribution in [0.4, 0.5) is 0 Å². The van der Waals surface area contributed by atoms with Crippen LogP contribution in [-0.2, 0) is 9.47 Å². The molecular formula is C15H25BrO2. The maximum atomic E-state index is 6.22. The van der Waals surface area contributed by atoms with Gasteiger partial charge in [-0.25, -0.2) is 0 Å². The highest BCUT2D eigenvalue weighted by atomic mass is 79.9. The van der Waals surface area contributed by atoms with E-state index >= 15 is 0 Å². The fourth-order valence-corrected chi connectivity index (χ4v) is 4.74. The third-order valence-corrected chi connectivity index (χ3v) is 6.05. The van der Waals surface area contributed by atoms with E-state index in [1.165, 1.54) is 57.8 Å². The van der Waals surface area contributed by atoms with Crippen molar-refractivity contribution in [3.05, 3.63) is 0 Å². The van der Waals surface area contributed by atoms with E-state index in [-0.39, 0.29) is 5.79 Å². The van der Waals surface area contributed by atoms with Gasteiger partial charge in [0, 0.05) is 16.7 Å². The zero-order valence-corrected chi connectivity index (χ0v) is 12.8. The van der Waals surface area contributed by atoms with Gasteiger partial charge in [0.1, 0.15) is 0 Å². The molecule has 0 spiro atoms. The normalized spacial score (nSPS) is 37.8. The first-order valence-electron chi connectivity index (χ1n) is 7.73. The maximum absolute atomic E-state index is 6.22. The molecule has 3 rings (SSSR count). The Bertz CT molecular complexity index is 262. The summed E-state index contributed by atoms with van der Waals surface area (Å²) in [5.41, 5.74) is 0. The van der Waals surface area contributed by atoms with Crippen LogP contribution in [0, 0.1) is 11.8 Å². The van der Waals surface area contributed by atoms with Crippen LogP contribution in [0.3, 0.4) is 0 Å². The molecule has 2 saturated carbocycles. The lowest BCUT2D eigenvalue weighted by atomic mass is 9.72. The van der Waals surface area contributed by atoms with Gasteiger partial charge in [-0.15, -0.1) is 0 Å². The minimum absolute atomic E-state index is 0.201. The van der Waals surface area contributed by atoms with Gasteiger partial charge in [-0.05, 0) is 38.5 Å². The van der Waals surface area contributed by atoms with Gasteiger partial charge in [-0.1, -0.05) is 35.2 Å². The molecule has 1 heterocycles. The summed E-state index contributed by atoms with van der Waals surface area (Å²) >= 11 is 3.76. The van der Waals surface area contributed by atoms with Gasteiger partial charge in [0.2, 0.25) is 0 Å². The fraction of sp³-hybridized carbons (Fsp3) is 1.00. The Balaban J connectivity index is 1.73. The number of ether oxygens (including phenoxy) is 2.